The van der Waals surface area contributed by atoms with Gasteiger partial charge >= 0.3 is 0 Å². The molecule has 2 fully saturated rings. The number of aliphatic hydroxyl groups excluding tert-OH is 1. The fourth-order valence-corrected chi connectivity index (χ4v) is 3.37. The maximum atomic E-state index is 9.67. The van der Waals surface area contributed by atoms with Gasteiger partial charge in [0.1, 0.15) is 0 Å². The lowest BCUT2D eigenvalue weighted by atomic mass is 9.63. The molecule has 0 aromatic carbocycles. The van der Waals surface area contributed by atoms with Gasteiger partial charge < -0.3 is 5.11 Å². The van der Waals surface area contributed by atoms with E-state index in [-0.39, 0.29) is 6.10 Å². The summed E-state index contributed by atoms with van der Waals surface area (Å²) in [4.78, 5) is 0. The van der Waals surface area contributed by atoms with Gasteiger partial charge in [-0.25, -0.2) is 0 Å². The highest BCUT2D eigenvalue weighted by molar-refractivity contribution is 5.19. The summed E-state index contributed by atoms with van der Waals surface area (Å²) in [5.74, 6) is 1.45. The van der Waals surface area contributed by atoms with Crippen molar-refractivity contribution in [3.8, 4) is 0 Å². The van der Waals surface area contributed by atoms with Crippen LogP contribution in [0.3, 0.4) is 0 Å². The molecule has 0 aromatic rings. The molecular formula is C14H26O. The minimum Gasteiger partial charge on any atom is -0.393 e. The molecule has 88 valence electrons. The van der Waals surface area contributed by atoms with Gasteiger partial charge in [0, 0.05) is 0 Å². The summed E-state index contributed by atoms with van der Waals surface area (Å²) in [5, 5.41) is 9.67. The van der Waals surface area contributed by atoms with Crippen LogP contribution in [0.4, 0.5) is 0 Å². The zero-order valence-electron chi connectivity index (χ0n) is 10.7. The number of rotatable bonds is 0. The molecule has 2 rings (SSSR count). The molecule has 0 radical (unpaired) electrons. The molecule has 0 spiro atoms. The van der Waals surface area contributed by atoms with Crippen molar-refractivity contribution in [1.29, 1.82) is 0 Å². The lowest BCUT2D eigenvalue weighted by Crippen LogP contribution is -2.37. The van der Waals surface area contributed by atoms with Gasteiger partial charge in [0.15, 0.2) is 0 Å². The summed E-state index contributed by atoms with van der Waals surface area (Å²) >= 11 is 0. The van der Waals surface area contributed by atoms with E-state index in [1.54, 1.807) is 0 Å². The molecule has 0 amide bonds. The van der Waals surface area contributed by atoms with Gasteiger partial charge in [-0.3, -0.25) is 0 Å². The van der Waals surface area contributed by atoms with Crippen molar-refractivity contribution in [3.63, 3.8) is 0 Å². The van der Waals surface area contributed by atoms with Crippen LogP contribution in [0, 0.1) is 17.3 Å². The first-order valence-corrected chi connectivity index (χ1v) is 6.41. The number of fused-ring (bicyclic) bond motifs is 1. The van der Waals surface area contributed by atoms with E-state index >= 15 is 0 Å². The summed E-state index contributed by atoms with van der Waals surface area (Å²) in [6, 6.07) is 0. The van der Waals surface area contributed by atoms with E-state index in [1.165, 1.54) is 18.4 Å². The third kappa shape index (κ3) is 1.99. The van der Waals surface area contributed by atoms with Crippen LogP contribution >= 0.6 is 0 Å². The topological polar surface area (TPSA) is 20.2 Å². The molecular weight excluding hydrogens is 184 g/mol. The van der Waals surface area contributed by atoms with Crippen LogP contribution in [0.25, 0.3) is 0 Å². The molecule has 2 saturated carbocycles. The predicted molar refractivity (Wildman–Crippen MR) is 65.7 cm³/mol. The Hall–Kier alpha value is -0.300. The first-order chi connectivity index (χ1) is 7.05. The second kappa shape index (κ2) is 4.69. The monoisotopic (exact) mass is 210 g/mol. The Balaban J connectivity index is 0.000000531. The van der Waals surface area contributed by atoms with Crippen LogP contribution in [-0.2, 0) is 0 Å². The third-order valence-electron chi connectivity index (χ3n) is 4.62. The van der Waals surface area contributed by atoms with Gasteiger partial charge in [-0.2, -0.15) is 0 Å². The molecule has 0 aliphatic heterocycles. The van der Waals surface area contributed by atoms with Gasteiger partial charge in [-0.15, -0.1) is 0 Å². The molecule has 0 heterocycles. The van der Waals surface area contributed by atoms with E-state index < -0.39 is 0 Å². The van der Waals surface area contributed by atoms with E-state index in [2.05, 4.69) is 20.4 Å². The van der Waals surface area contributed by atoms with Crippen LogP contribution in [-0.4, -0.2) is 11.2 Å². The highest BCUT2D eigenvalue weighted by atomic mass is 16.3. The first kappa shape index (κ1) is 12.8. The van der Waals surface area contributed by atoms with Gasteiger partial charge in [0.25, 0.3) is 0 Å². The van der Waals surface area contributed by atoms with Crippen LogP contribution in [0.15, 0.2) is 12.2 Å². The minimum atomic E-state index is -0.115. The highest BCUT2D eigenvalue weighted by Gasteiger charge is 2.49. The Labute approximate surface area is 94.6 Å². The first-order valence-electron chi connectivity index (χ1n) is 6.41. The number of hydrogen-bond acceptors (Lipinski definition) is 1. The highest BCUT2D eigenvalue weighted by Crippen LogP contribution is 2.57. The maximum absolute atomic E-state index is 9.67. The lowest BCUT2D eigenvalue weighted by molar-refractivity contribution is 0.0642. The van der Waals surface area contributed by atoms with Gasteiger partial charge in [0.2, 0.25) is 0 Å². The molecule has 0 aromatic heterocycles. The SMILES string of the molecule is C=C1CC(O)CC2CCC(C)C12C.CC. The van der Waals surface area contributed by atoms with Crippen molar-refractivity contribution in [2.75, 3.05) is 0 Å². The fourth-order valence-electron chi connectivity index (χ4n) is 3.37. The predicted octanol–water partition coefficient (Wildman–Crippen LogP) is 3.78. The van der Waals surface area contributed by atoms with Crippen LogP contribution in [0.5, 0.6) is 0 Å². The van der Waals surface area contributed by atoms with Crippen molar-refractivity contribution in [3.05, 3.63) is 12.2 Å². The smallest absolute Gasteiger partial charge is 0.0580 e. The van der Waals surface area contributed by atoms with E-state index in [0.29, 0.717) is 11.3 Å². The van der Waals surface area contributed by atoms with E-state index in [4.69, 9.17) is 0 Å². The van der Waals surface area contributed by atoms with E-state index in [0.717, 1.165) is 18.8 Å². The summed E-state index contributed by atoms with van der Waals surface area (Å²) in [6.45, 7) is 12.9. The van der Waals surface area contributed by atoms with Crippen molar-refractivity contribution < 1.29 is 5.11 Å². The minimum absolute atomic E-state index is 0.115. The standard InChI is InChI=1S/C12H20O.C2H6/c1-8-4-5-10-7-11(13)6-9(2)12(8,10)3;1-2/h8,10-11,13H,2,4-7H2,1,3H3;1-2H3. The molecule has 1 N–H and O–H groups in total. The van der Waals surface area contributed by atoms with Crippen molar-refractivity contribution in [2.45, 2.75) is 59.5 Å². The average molecular weight is 210 g/mol. The van der Waals surface area contributed by atoms with Crippen molar-refractivity contribution in [1.82, 2.24) is 0 Å². The molecule has 0 saturated heterocycles. The van der Waals surface area contributed by atoms with Crippen LogP contribution in [0.2, 0.25) is 0 Å². The van der Waals surface area contributed by atoms with E-state index in [9.17, 15) is 5.11 Å². The fraction of sp³-hybridized carbons (Fsp3) is 0.857. The Morgan fingerprint density at radius 2 is 1.93 bits per heavy atom. The normalized spacial score (nSPS) is 44.3. The molecule has 4 atom stereocenters. The summed E-state index contributed by atoms with van der Waals surface area (Å²) in [7, 11) is 0. The molecule has 4 unspecified atom stereocenters. The Morgan fingerprint density at radius 3 is 2.53 bits per heavy atom. The van der Waals surface area contributed by atoms with Crippen LogP contribution in [0.1, 0.15) is 53.4 Å². The number of hydrogen-bond donors (Lipinski definition) is 1. The average Bonchev–Trinajstić information content (AvgIpc) is 2.50. The van der Waals surface area contributed by atoms with E-state index in [1.807, 2.05) is 13.8 Å². The third-order valence-corrected chi connectivity index (χ3v) is 4.62. The van der Waals surface area contributed by atoms with Gasteiger partial charge in [-0.05, 0) is 42.9 Å². The lowest BCUT2D eigenvalue weighted by Gasteiger charge is -2.43. The summed E-state index contributed by atoms with van der Waals surface area (Å²) in [5.41, 5.74) is 1.63. The quantitative estimate of drug-likeness (QED) is 0.603. The Morgan fingerprint density at radius 1 is 1.33 bits per heavy atom. The molecule has 0 bridgehead atoms. The summed E-state index contributed by atoms with van der Waals surface area (Å²) in [6.07, 6.45) is 4.31. The second-order valence-electron chi connectivity index (χ2n) is 5.16. The Kier molecular flexibility index (Phi) is 3.99. The van der Waals surface area contributed by atoms with Crippen molar-refractivity contribution >= 4 is 0 Å². The Bertz CT molecular complexity index is 233. The molecule has 2 aliphatic rings. The largest absolute Gasteiger partial charge is 0.393 e. The molecule has 1 heteroatoms. The molecule has 2 aliphatic carbocycles. The van der Waals surface area contributed by atoms with Gasteiger partial charge in [0.05, 0.1) is 6.10 Å². The molecule has 15 heavy (non-hydrogen) atoms. The summed E-state index contributed by atoms with van der Waals surface area (Å²) < 4.78 is 0. The van der Waals surface area contributed by atoms with Crippen molar-refractivity contribution in [2.24, 2.45) is 17.3 Å². The maximum Gasteiger partial charge on any atom is 0.0580 e. The van der Waals surface area contributed by atoms with Crippen LogP contribution < -0.4 is 0 Å². The second-order valence-corrected chi connectivity index (χ2v) is 5.16. The zero-order chi connectivity index (χ0) is 11.6. The number of aliphatic hydroxyl groups is 1. The zero-order valence-corrected chi connectivity index (χ0v) is 10.7. The molecule has 1 nitrogen and oxygen atoms in total. The van der Waals surface area contributed by atoms with Gasteiger partial charge in [-0.1, -0.05) is 39.8 Å².